The topological polar surface area (TPSA) is 59.2 Å². The van der Waals surface area contributed by atoms with Gasteiger partial charge in [-0.1, -0.05) is 0 Å². The first-order chi connectivity index (χ1) is 7.38. The average molecular weight is 225 g/mol. The number of aromatic nitrogens is 1. The molecule has 4 nitrogen and oxygen atoms in total. The van der Waals surface area contributed by atoms with Crippen molar-refractivity contribution in [3.05, 3.63) is 23.0 Å². The maximum atomic E-state index is 11.2. The number of esters is 1. The molecule has 0 fully saturated rings. The van der Waals surface area contributed by atoms with Crippen LogP contribution in [0.15, 0.2) is 6.07 Å². The van der Waals surface area contributed by atoms with E-state index in [-0.39, 0.29) is 11.8 Å². The second-order valence-electron chi connectivity index (χ2n) is 3.62. The van der Waals surface area contributed by atoms with E-state index in [1.54, 1.807) is 13.0 Å². The summed E-state index contributed by atoms with van der Waals surface area (Å²) in [6.45, 7) is 9.14. The molecule has 1 heterocycles. The van der Waals surface area contributed by atoms with Crippen LogP contribution >= 0.6 is 0 Å². The lowest BCUT2D eigenvalue weighted by Gasteiger charge is -1.96. The number of ketones is 1. The molecule has 16 heavy (non-hydrogen) atoms. The Morgan fingerprint density at radius 2 is 1.81 bits per heavy atom. The van der Waals surface area contributed by atoms with E-state index in [0.29, 0.717) is 12.3 Å². The highest BCUT2D eigenvalue weighted by Gasteiger charge is 2.09. The van der Waals surface area contributed by atoms with Gasteiger partial charge < -0.3 is 14.5 Å². The quantitative estimate of drug-likeness (QED) is 0.786. The normalized spacial score (nSPS) is 9.06. The molecular formula is C12H19NO3. The predicted octanol–water partition coefficient (Wildman–Crippen LogP) is 2.40. The number of nitrogens with one attached hydrogen (secondary N) is 1. The Morgan fingerprint density at radius 3 is 2.12 bits per heavy atom. The molecule has 1 aromatic heterocycles. The molecule has 0 spiro atoms. The van der Waals surface area contributed by atoms with Gasteiger partial charge in [0.1, 0.15) is 11.5 Å². The molecule has 0 aliphatic rings. The third-order valence-electron chi connectivity index (χ3n) is 1.77. The van der Waals surface area contributed by atoms with Crippen molar-refractivity contribution in [1.29, 1.82) is 0 Å². The molecule has 1 rings (SSSR count). The van der Waals surface area contributed by atoms with Crippen molar-refractivity contribution >= 4 is 11.8 Å². The van der Waals surface area contributed by atoms with E-state index in [1.807, 2.05) is 13.8 Å². The molecule has 0 radical (unpaired) electrons. The molecule has 0 saturated heterocycles. The van der Waals surface area contributed by atoms with E-state index in [1.165, 1.54) is 13.8 Å². The molecule has 90 valence electrons. The van der Waals surface area contributed by atoms with Crippen LogP contribution < -0.4 is 0 Å². The van der Waals surface area contributed by atoms with Gasteiger partial charge in [-0.3, -0.25) is 0 Å². The molecule has 0 aliphatic heterocycles. The minimum atomic E-state index is -0.284. The van der Waals surface area contributed by atoms with Crippen LogP contribution in [0.1, 0.15) is 42.5 Å². The monoisotopic (exact) mass is 225 g/mol. The lowest BCUT2D eigenvalue weighted by molar-refractivity contribution is -0.114. The van der Waals surface area contributed by atoms with E-state index in [4.69, 9.17) is 4.74 Å². The van der Waals surface area contributed by atoms with Gasteiger partial charge in [0.2, 0.25) is 0 Å². The SMILES string of the molecule is CC(C)=O.CCOC(=O)c1cc(C)c(C)[nH]1. The Labute approximate surface area is 96.0 Å². The Balaban J connectivity index is 0.000000487. The zero-order valence-electron chi connectivity index (χ0n) is 10.5. The van der Waals surface area contributed by atoms with E-state index in [2.05, 4.69) is 4.98 Å². The second kappa shape index (κ2) is 6.82. The van der Waals surface area contributed by atoms with Gasteiger partial charge in [-0.15, -0.1) is 0 Å². The summed E-state index contributed by atoms with van der Waals surface area (Å²) in [6, 6.07) is 1.80. The zero-order valence-corrected chi connectivity index (χ0v) is 10.5. The largest absolute Gasteiger partial charge is 0.461 e. The van der Waals surface area contributed by atoms with Gasteiger partial charge in [0.05, 0.1) is 6.61 Å². The summed E-state index contributed by atoms with van der Waals surface area (Å²) >= 11 is 0. The number of carbonyl (C=O) groups is 2. The lowest BCUT2D eigenvalue weighted by Crippen LogP contribution is -2.04. The van der Waals surface area contributed by atoms with Crippen LogP contribution in [-0.4, -0.2) is 23.3 Å². The highest BCUT2D eigenvalue weighted by Crippen LogP contribution is 2.08. The summed E-state index contributed by atoms with van der Waals surface area (Å²) in [5, 5.41) is 0. The van der Waals surface area contributed by atoms with E-state index < -0.39 is 0 Å². The Morgan fingerprint density at radius 1 is 1.31 bits per heavy atom. The fourth-order valence-corrected chi connectivity index (χ4v) is 0.980. The number of H-pyrrole nitrogens is 1. The van der Waals surface area contributed by atoms with Crippen LogP contribution in [0, 0.1) is 13.8 Å². The smallest absolute Gasteiger partial charge is 0.354 e. The zero-order chi connectivity index (χ0) is 12.7. The molecule has 0 saturated carbocycles. The minimum absolute atomic E-state index is 0.167. The van der Waals surface area contributed by atoms with Crippen LogP contribution in [0.4, 0.5) is 0 Å². The number of hydrogen-bond acceptors (Lipinski definition) is 3. The fourth-order valence-electron chi connectivity index (χ4n) is 0.980. The molecular weight excluding hydrogens is 206 g/mol. The van der Waals surface area contributed by atoms with Crippen LogP contribution in [0.25, 0.3) is 0 Å². The third-order valence-corrected chi connectivity index (χ3v) is 1.77. The maximum Gasteiger partial charge on any atom is 0.354 e. The van der Waals surface area contributed by atoms with Crippen molar-refractivity contribution < 1.29 is 14.3 Å². The molecule has 0 aliphatic carbocycles. The lowest BCUT2D eigenvalue weighted by atomic mass is 10.3. The minimum Gasteiger partial charge on any atom is -0.461 e. The molecule has 4 heteroatoms. The van der Waals surface area contributed by atoms with Crippen molar-refractivity contribution in [1.82, 2.24) is 4.98 Å². The van der Waals surface area contributed by atoms with Crippen molar-refractivity contribution in [3.8, 4) is 0 Å². The Hall–Kier alpha value is -1.58. The van der Waals surface area contributed by atoms with Gasteiger partial charge in [0.25, 0.3) is 0 Å². The Kier molecular flexibility index (Phi) is 6.15. The van der Waals surface area contributed by atoms with Gasteiger partial charge >= 0.3 is 5.97 Å². The van der Waals surface area contributed by atoms with Crippen molar-refractivity contribution in [2.75, 3.05) is 6.61 Å². The number of Topliss-reactive ketones (excluding diaryl/α,β-unsaturated/α-hetero) is 1. The number of ether oxygens (including phenoxy) is 1. The van der Waals surface area contributed by atoms with Crippen LogP contribution in [0.5, 0.6) is 0 Å². The van der Waals surface area contributed by atoms with Gasteiger partial charge in [0.15, 0.2) is 0 Å². The first-order valence-electron chi connectivity index (χ1n) is 5.19. The average Bonchev–Trinajstić information content (AvgIpc) is 2.46. The molecule has 0 amide bonds. The fraction of sp³-hybridized carbons (Fsp3) is 0.500. The summed E-state index contributed by atoms with van der Waals surface area (Å²) < 4.78 is 4.83. The number of rotatable bonds is 2. The highest BCUT2D eigenvalue weighted by atomic mass is 16.5. The van der Waals surface area contributed by atoms with Crippen molar-refractivity contribution in [3.63, 3.8) is 0 Å². The van der Waals surface area contributed by atoms with Crippen LogP contribution in [-0.2, 0) is 9.53 Å². The second-order valence-corrected chi connectivity index (χ2v) is 3.62. The molecule has 0 unspecified atom stereocenters. The van der Waals surface area contributed by atoms with Crippen LogP contribution in [0.3, 0.4) is 0 Å². The highest BCUT2D eigenvalue weighted by molar-refractivity contribution is 5.87. The maximum absolute atomic E-state index is 11.2. The van der Waals surface area contributed by atoms with E-state index >= 15 is 0 Å². The van der Waals surface area contributed by atoms with Crippen molar-refractivity contribution in [2.24, 2.45) is 0 Å². The number of hydrogen-bond donors (Lipinski definition) is 1. The summed E-state index contributed by atoms with van der Waals surface area (Å²) in [5.74, 6) is -0.117. The number of aryl methyl sites for hydroxylation is 2. The Bertz CT molecular complexity index is 343. The number of carbonyl (C=O) groups excluding carboxylic acids is 2. The summed E-state index contributed by atoms with van der Waals surface area (Å²) in [4.78, 5) is 23.6. The van der Waals surface area contributed by atoms with Gasteiger partial charge in [-0.2, -0.15) is 0 Å². The van der Waals surface area contributed by atoms with Crippen LogP contribution in [0.2, 0.25) is 0 Å². The van der Waals surface area contributed by atoms with Gasteiger partial charge in [-0.05, 0) is 46.2 Å². The summed E-state index contributed by atoms with van der Waals surface area (Å²) in [7, 11) is 0. The number of aromatic amines is 1. The molecule has 1 aromatic rings. The first-order valence-corrected chi connectivity index (χ1v) is 5.19. The van der Waals surface area contributed by atoms with E-state index in [9.17, 15) is 9.59 Å². The first kappa shape index (κ1) is 14.4. The van der Waals surface area contributed by atoms with E-state index in [0.717, 1.165) is 11.3 Å². The van der Waals surface area contributed by atoms with Gasteiger partial charge in [0, 0.05) is 5.69 Å². The summed E-state index contributed by atoms with van der Waals surface area (Å²) in [6.07, 6.45) is 0. The third kappa shape index (κ3) is 5.34. The van der Waals surface area contributed by atoms with Crippen molar-refractivity contribution in [2.45, 2.75) is 34.6 Å². The van der Waals surface area contributed by atoms with Gasteiger partial charge in [-0.25, -0.2) is 4.79 Å². The molecule has 0 aromatic carbocycles. The molecule has 0 bridgehead atoms. The standard InChI is InChI=1S/C9H13NO2.C3H6O/c1-4-12-9(11)8-5-6(2)7(3)10-8;1-3(2)4/h5,10H,4H2,1-3H3;1-2H3. The predicted molar refractivity (Wildman–Crippen MR) is 62.6 cm³/mol. The molecule has 0 atom stereocenters. The summed E-state index contributed by atoms with van der Waals surface area (Å²) in [5.41, 5.74) is 2.63. The molecule has 1 N–H and O–H groups in total.